The number of nitrogens with one attached hydrogen (secondary N) is 1. The summed E-state index contributed by atoms with van der Waals surface area (Å²) in [6, 6.07) is 5.95. The normalized spacial score (nSPS) is 10.9. The Balaban J connectivity index is 2.23. The van der Waals surface area contributed by atoms with E-state index in [0.29, 0.717) is 5.82 Å². The Hall–Kier alpha value is -2.01. The zero-order chi connectivity index (χ0) is 11.8. The molecule has 0 fully saturated rings. The van der Waals surface area contributed by atoms with Crippen LogP contribution in [0.5, 0.6) is 0 Å². The maximum atomic E-state index is 5.92. The highest BCUT2D eigenvalue weighted by Crippen LogP contribution is 2.38. The summed E-state index contributed by atoms with van der Waals surface area (Å²) in [4.78, 5) is 1.10. The molecule has 0 aliphatic heterocycles. The topological polar surface area (TPSA) is 67.8 Å². The summed E-state index contributed by atoms with van der Waals surface area (Å²) >= 11 is 1.64. The van der Waals surface area contributed by atoms with Crippen molar-refractivity contribution in [1.29, 1.82) is 0 Å². The van der Waals surface area contributed by atoms with Gasteiger partial charge < -0.3 is 10.2 Å². The fourth-order valence-electron chi connectivity index (χ4n) is 1.87. The lowest BCUT2D eigenvalue weighted by atomic mass is 10.1. The molecule has 0 aliphatic carbocycles. The van der Waals surface area contributed by atoms with Gasteiger partial charge in [-0.3, -0.25) is 5.10 Å². The highest BCUT2D eigenvalue weighted by atomic mass is 32.1. The van der Waals surface area contributed by atoms with Gasteiger partial charge in [0.1, 0.15) is 5.76 Å². The first-order valence-corrected chi connectivity index (χ1v) is 6.07. The minimum atomic E-state index is 0.517. The molecule has 3 aromatic heterocycles. The van der Waals surface area contributed by atoms with Gasteiger partial charge in [-0.1, -0.05) is 6.07 Å². The van der Waals surface area contributed by atoms with Crippen LogP contribution in [0.1, 0.15) is 5.76 Å². The molecule has 5 heteroatoms. The number of nitrogen functional groups attached to an aromatic ring is 1. The molecule has 3 aromatic rings. The van der Waals surface area contributed by atoms with Gasteiger partial charge in [-0.25, -0.2) is 0 Å². The minimum absolute atomic E-state index is 0.517. The molecule has 0 saturated carbocycles. The van der Waals surface area contributed by atoms with E-state index in [2.05, 4.69) is 10.2 Å². The molecule has 3 heterocycles. The number of rotatable bonds is 2. The van der Waals surface area contributed by atoms with Crippen molar-refractivity contribution in [2.24, 2.45) is 0 Å². The van der Waals surface area contributed by atoms with Crippen molar-refractivity contribution >= 4 is 17.2 Å². The molecule has 0 aromatic carbocycles. The summed E-state index contributed by atoms with van der Waals surface area (Å²) < 4.78 is 5.32. The van der Waals surface area contributed by atoms with E-state index in [1.807, 2.05) is 30.5 Å². The predicted octanol–water partition coefficient (Wildman–Crippen LogP) is 3.29. The summed E-state index contributed by atoms with van der Waals surface area (Å²) in [6.45, 7) is 1.92. The Morgan fingerprint density at radius 2 is 2.29 bits per heavy atom. The molecule has 0 unspecified atom stereocenters. The lowest BCUT2D eigenvalue weighted by Gasteiger charge is -2.00. The van der Waals surface area contributed by atoms with Crippen LogP contribution < -0.4 is 5.73 Å². The van der Waals surface area contributed by atoms with E-state index in [4.69, 9.17) is 10.2 Å². The first-order chi connectivity index (χ1) is 8.27. The van der Waals surface area contributed by atoms with Gasteiger partial charge >= 0.3 is 0 Å². The zero-order valence-corrected chi connectivity index (χ0v) is 10.0. The molecule has 0 spiro atoms. The SMILES string of the molecule is Cc1occc1-c1[nH]nc(N)c1-c1cccs1. The van der Waals surface area contributed by atoms with Crippen molar-refractivity contribution in [3.8, 4) is 21.7 Å². The number of aryl methyl sites for hydroxylation is 1. The summed E-state index contributed by atoms with van der Waals surface area (Å²) in [5.74, 6) is 1.37. The van der Waals surface area contributed by atoms with E-state index >= 15 is 0 Å². The van der Waals surface area contributed by atoms with Gasteiger partial charge in [0.05, 0.1) is 17.5 Å². The van der Waals surface area contributed by atoms with Gasteiger partial charge in [-0.15, -0.1) is 11.3 Å². The zero-order valence-electron chi connectivity index (χ0n) is 9.23. The van der Waals surface area contributed by atoms with E-state index in [1.165, 1.54) is 0 Å². The number of hydrogen-bond donors (Lipinski definition) is 2. The van der Waals surface area contributed by atoms with E-state index in [1.54, 1.807) is 17.6 Å². The molecular formula is C12H11N3OS. The summed E-state index contributed by atoms with van der Waals surface area (Å²) in [7, 11) is 0. The van der Waals surface area contributed by atoms with Gasteiger partial charge in [0.25, 0.3) is 0 Å². The second-order valence-corrected chi connectivity index (χ2v) is 4.67. The maximum absolute atomic E-state index is 5.92. The Labute approximate surface area is 102 Å². The van der Waals surface area contributed by atoms with Crippen molar-refractivity contribution in [3.05, 3.63) is 35.6 Å². The average molecular weight is 245 g/mol. The summed E-state index contributed by atoms with van der Waals surface area (Å²) in [5, 5.41) is 9.09. The number of nitrogens with two attached hydrogens (primary N) is 1. The van der Waals surface area contributed by atoms with Gasteiger partial charge in [0.15, 0.2) is 5.82 Å². The Morgan fingerprint density at radius 1 is 1.41 bits per heavy atom. The largest absolute Gasteiger partial charge is 0.469 e. The van der Waals surface area contributed by atoms with Gasteiger partial charge in [0, 0.05) is 10.4 Å². The van der Waals surface area contributed by atoms with Crippen molar-refractivity contribution in [3.63, 3.8) is 0 Å². The highest BCUT2D eigenvalue weighted by Gasteiger charge is 2.17. The van der Waals surface area contributed by atoms with Crippen LogP contribution in [0.15, 0.2) is 34.3 Å². The lowest BCUT2D eigenvalue weighted by Crippen LogP contribution is -1.86. The van der Waals surface area contributed by atoms with Crippen LogP contribution in [-0.2, 0) is 0 Å². The first kappa shape index (κ1) is 10.2. The van der Waals surface area contributed by atoms with E-state index < -0.39 is 0 Å². The van der Waals surface area contributed by atoms with Crippen LogP contribution in [0.4, 0.5) is 5.82 Å². The molecular weight excluding hydrogens is 234 g/mol. The molecule has 3 rings (SSSR count). The standard InChI is InChI=1S/C12H11N3OS/c1-7-8(4-5-16-7)11-10(12(13)15-14-11)9-3-2-6-17-9/h2-6H,1H3,(H3,13,14,15). The Morgan fingerprint density at radius 3 is 2.94 bits per heavy atom. The number of aromatic amines is 1. The summed E-state index contributed by atoms with van der Waals surface area (Å²) in [6.07, 6.45) is 1.67. The van der Waals surface area contributed by atoms with Crippen molar-refractivity contribution < 1.29 is 4.42 Å². The summed E-state index contributed by atoms with van der Waals surface area (Å²) in [5.41, 5.74) is 8.78. The van der Waals surface area contributed by atoms with E-state index in [9.17, 15) is 0 Å². The molecule has 0 aliphatic rings. The quantitative estimate of drug-likeness (QED) is 0.728. The molecule has 4 nitrogen and oxygen atoms in total. The second kappa shape index (κ2) is 3.78. The van der Waals surface area contributed by atoms with Crippen LogP contribution in [0, 0.1) is 6.92 Å². The van der Waals surface area contributed by atoms with Crippen LogP contribution in [0.2, 0.25) is 0 Å². The first-order valence-electron chi connectivity index (χ1n) is 5.19. The molecule has 0 radical (unpaired) electrons. The third kappa shape index (κ3) is 1.55. The van der Waals surface area contributed by atoms with Crippen LogP contribution in [0.25, 0.3) is 21.7 Å². The molecule has 0 saturated heterocycles. The Bertz CT molecular complexity index is 637. The number of H-pyrrole nitrogens is 1. The number of furan rings is 1. The van der Waals surface area contributed by atoms with Gasteiger partial charge in [-0.05, 0) is 24.4 Å². The lowest BCUT2D eigenvalue weighted by molar-refractivity contribution is 0.535. The van der Waals surface area contributed by atoms with E-state index in [0.717, 1.165) is 27.5 Å². The maximum Gasteiger partial charge on any atom is 0.154 e. The van der Waals surface area contributed by atoms with Crippen LogP contribution in [-0.4, -0.2) is 10.2 Å². The Kier molecular flexibility index (Phi) is 2.26. The van der Waals surface area contributed by atoms with Gasteiger partial charge in [0.2, 0.25) is 0 Å². The van der Waals surface area contributed by atoms with Crippen molar-refractivity contribution in [2.45, 2.75) is 6.92 Å². The minimum Gasteiger partial charge on any atom is -0.469 e. The predicted molar refractivity (Wildman–Crippen MR) is 68.8 cm³/mol. The smallest absolute Gasteiger partial charge is 0.154 e. The molecule has 86 valence electrons. The fraction of sp³-hybridized carbons (Fsp3) is 0.0833. The third-order valence-corrected chi connectivity index (χ3v) is 3.58. The number of nitrogens with zero attached hydrogens (tertiary/aromatic N) is 1. The third-order valence-electron chi connectivity index (χ3n) is 2.69. The van der Waals surface area contributed by atoms with Crippen molar-refractivity contribution in [1.82, 2.24) is 10.2 Å². The molecule has 3 N–H and O–H groups in total. The van der Waals surface area contributed by atoms with Crippen molar-refractivity contribution in [2.75, 3.05) is 5.73 Å². The average Bonchev–Trinajstić information content (AvgIpc) is 2.98. The number of aromatic nitrogens is 2. The van der Waals surface area contributed by atoms with Crippen LogP contribution >= 0.6 is 11.3 Å². The molecule has 17 heavy (non-hydrogen) atoms. The van der Waals surface area contributed by atoms with Gasteiger partial charge in [-0.2, -0.15) is 5.10 Å². The number of anilines is 1. The number of hydrogen-bond acceptors (Lipinski definition) is 4. The molecule has 0 bridgehead atoms. The molecule has 0 amide bonds. The van der Waals surface area contributed by atoms with E-state index in [-0.39, 0.29) is 0 Å². The number of thiophene rings is 1. The monoisotopic (exact) mass is 245 g/mol. The second-order valence-electron chi connectivity index (χ2n) is 3.73. The highest BCUT2D eigenvalue weighted by molar-refractivity contribution is 7.13. The molecule has 0 atom stereocenters. The van der Waals surface area contributed by atoms with Crippen LogP contribution in [0.3, 0.4) is 0 Å². The fourth-order valence-corrected chi connectivity index (χ4v) is 2.65.